The van der Waals surface area contributed by atoms with E-state index in [4.69, 9.17) is 4.74 Å². The molecule has 0 aliphatic carbocycles. The fraction of sp³-hybridized carbons (Fsp3) is 0.818. The molecule has 6 nitrogen and oxygen atoms in total. The summed E-state index contributed by atoms with van der Waals surface area (Å²) in [5.41, 5.74) is 0. The van der Waals surface area contributed by atoms with E-state index in [9.17, 15) is 19.8 Å². The van der Waals surface area contributed by atoms with Crippen molar-refractivity contribution in [3.05, 3.63) is 60.8 Å². The largest absolute Gasteiger partial charge is 0.462 e. The van der Waals surface area contributed by atoms with Gasteiger partial charge in [-0.3, -0.25) is 9.59 Å². The van der Waals surface area contributed by atoms with Gasteiger partial charge in [-0.25, -0.2) is 0 Å². The lowest BCUT2D eigenvalue weighted by atomic mass is 10.0. The summed E-state index contributed by atoms with van der Waals surface area (Å²) < 4.78 is 5.98. The zero-order valence-corrected chi connectivity index (χ0v) is 48.1. The zero-order valence-electron chi connectivity index (χ0n) is 48.1. The van der Waals surface area contributed by atoms with Gasteiger partial charge in [-0.05, 0) is 96.3 Å². The first-order valence-corrected chi connectivity index (χ1v) is 31.5. The van der Waals surface area contributed by atoms with E-state index in [1.807, 2.05) is 0 Å². The van der Waals surface area contributed by atoms with Crippen LogP contribution in [-0.4, -0.2) is 46.9 Å². The minimum absolute atomic E-state index is 0.0670. The number of aliphatic hydroxyl groups excluding tert-OH is 2. The van der Waals surface area contributed by atoms with Crippen molar-refractivity contribution in [2.24, 2.45) is 0 Å². The zero-order chi connectivity index (χ0) is 52.3. The molecule has 0 radical (unpaired) electrons. The quantitative estimate of drug-likeness (QED) is 0.0320. The fourth-order valence-electron chi connectivity index (χ4n) is 9.53. The molecule has 0 spiro atoms. The van der Waals surface area contributed by atoms with Crippen molar-refractivity contribution in [1.29, 1.82) is 0 Å². The normalized spacial score (nSPS) is 13.5. The van der Waals surface area contributed by atoms with Crippen LogP contribution < -0.4 is 5.32 Å². The number of hydrogen-bond donors (Lipinski definition) is 3. The number of allylic oxidation sites excluding steroid dienone is 10. The molecule has 420 valence electrons. The maximum Gasteiger partial charge on any atom is 0.306 e. The molecule has 1 amide bonds. The van der Waals surface area contributed by atoms with Crippen molar-refractivity contribution in [2.45, 2.75) is 341 Å². The smallest absolute Gasteiger partial charge is 0.306 e. The molecule has 0 aromatic heterocycles. The molecule has 0 fully saturated rings. The Morgan fingerprint density at radius 2 is 0.708 bits per heavy atom. The number of hydrogen-bond acceptors (Lipinski definition) is 5. The minimum atomic E-state index is -0.795. The molecule has 3 unspecified atom stereocenters. The van der Waals surface area contributed by atoms with Crippen LogP contribution in [0, 0.1) is 0 Å². The Morgan fingerprint density at radius 1 is 0.403 bits per heavy atom. The van der Waals surface area contributed by atoms with Gasteiger partial charge in [0.25, 0.3) is 0 Å². The lowest BCUT2D eigenvalue weighted by molar-refractivity contribution is -0.151. The number of aliphatic hydroxyl groups is 2. The van der Waals surface area contributed by atoms with Crippen molar-refractivity contribution >= 4 is 11.9 Å². The van der Waals surface area contributed by atoms with Crippen molar-refractivity contribution in [2.75, 3.05) is 6.61 Å². The molecule has 0 aromatic rings. The molecule has 0 rings (SSSR count). The summed E-state index contributed by atoms with van der Waals surface area (Å²) in [6, 6.07) is -0.710. The minimum Gasteiger partial charge on any atom is -0.462 e. The summed E-state index contributed by atoms with van der Waals surface area (Å²) in [7, 11) is 0. The molecular weight excluding hydrogens is 887 g/mol. The van der Waals surface area contributed by atoms with Gasteiger partial charge in [0.05, 0.1) is 25.2 Å². The lowest BCUT2D eigenvalue weighted by Gasteiger charge is -2.24. The van der Waals surface area contributed by atoms with Gasteiger partial charge in [0, 0.05) is 6.42 Å². The molecule has 6 heteroatoms. The molecule has 3 atom stereocenters. The Kier molecular flexibility index (Phi) is 57.4. The first kappa shape index (κ1) is 69.6. The van der Waals surface area contributed by atoms with Crippen molar-refractivity contribution in [3.8, 4) is 0 Å². The van der Waals surface area contributed by atoms with Gasteiger partial charge in [0.15, 0.2) is 0 Å². The van der Waals surface area contributed by atoms with E-state index in [0.29, 0.717) is 19.3 Å². The van der Waals surface area contributed by atoms with E-state index < -0.39 is 18.2 Å². The van der Waals surface area contributed by atoms with Crippen LogP contribution in [0.3, 0.4) is 0 Å². The van der Waals surface area contributed by atoms with Crippen LogP contribution in [0.2, 0.25) is 0 Å². The van der Waals surface area contributed by atoms with Crippen molar-refractivity contribution < 1.29 is 24.5 Å². The monoisotopic (exact) mass is 1010 g/mol. The van der Waals surface area contributed by atoms with Gasteiger partial charge in [-0.1, -0.05) is 274 Å². The SMILES string of the molecule is CCCCC/C=C\C/C=C\C/C=C\CCCCCCCCC(=O)OC(CCCCCCCCC/C=C\C/C=C\CCCCC)CC(=O)NC(CO)C(O)CCCCCCCCCCCCCCCCCCC. The standard InChI is InChI=1S/C66H121NO5/c1-4-7-10-13-16-19-22-25-28-31-32-35-38-41-44-47-50-53-56-59-66(71)72-62(57-54-51-48-45-42-39-36-33-29-26-23-20-17-14-11-8-5-2)60-65(70)67-63(61-68)64(69)58-55-52-49-46-43-40-37-34-30-27-24-21-18-15-12-9-6-3/h16-17,19-20,25-26,28-29,32,35,62-64,68-69H,4-15,18,21-24,27,30-31,33-34,36-61H2,1-3H3,(H,67,70)/b19-16-,20-17-,28-25-,29-26-,35-32-. The van der Waals surface area contributed by atoms with Gasteiger partial charge in [-0.2, -0.15) is 0 Å². The predicted molar refractivity (Wildman–Crippen MR) is 315 cm³/mol. The molecule has 0 saturated carbocycles. The number of carbonyl (C=O) groups is 2. The number of carbonyl (C=O) groups excluding carboxylic acids is 2. The molecule has 0 heterocycles. The highest BCUT2D eigenvalue weighted by Gasteiger charge is 2.24. The van der Waals surface area contributed by atoms with Gasteiger partial charge >= 0.3 is 5.97 Å². The van der Waals surface area contributed by atoms with Gasteiger partial charge in [0.2, 0.25) is 5.91 Å². The van der Waals surface area contributed by atoms with Gasteiger partial charge < -0.3 is 20.3 Å². The van der Waals surface area contributed by atoms with E-state index >= 15 is 0 Å². The number of esters is 1. The number of nitrogens with one attached hydrogen (secondary N) is 1. The molecule has 3 N–H and O–H groups in total. The maximum absolute atomic E-state index is 13.3. The first-order chi connectivity index (χ1) is 35.5. The van der Waals surface area contributed by atoms with E-state index in [2.05, 4.69) is 86.8 Å². The highest BCUT2D eigenvalue weighted by atomic mass is 16.5. The number of ether oxygens (including phenoxy) is 1. The third kappa shape index (κ3) is 53.8. The van der Waals surface area contributed by atoms with Gasteiger partial charge in [-0.15, -0.1) is 0 Å². The molecule has 0 saturated heterocycles. The number of amides is 1. The average molecular weight is 1010 g/mol. The highest BCUT2D eigenvalue weighted by molar-refractivity contribution is 5.77. The highest BCUT2D eigenvalue weighted by Crippen LogP contribution is 2.19. The molecule has 0 aromatic carbocycles. The lowest BCUT2D eigenvalue weighted by Crippen LogP contribution is -2.46. The van der Waals surface area contributed by atoms with E-state index in [0.717, 1.165) is 89.9 Å². The fourth-order valence-corrected chi connectivity index (χ4v) is 9.53. The summed E-state index contributed by atoms with van der Waals surface area (Å²) in [4.78, 5) is 26.4. The molecule has 72 heavy (non-hydrogen) atoms. The van der Waals surface area contributed by atoms with E-state index in [1.165, 1.54) is 186 Å². The summed E-state index contributed by atoms with van der Waals surface area (Å²) in [5, 5.41) is 24.0. The summed E-state index contributed by atoms with van der Waals surface area (Å²) >= 11 is 0. The Hall–Kier alpha value is -2.44. The van der Waals surface area contributed by atoms with Gasteiger partial charge in [0.1, 0.15) is 6.10 Å². The second-order valence-corrected chi connectivity index (χ2v) is 21.5. The Bertz CT molecular complexity index is 1270. The van der Waals surface area contributed by atoms with Crippen LogP contribution in [0.25, 0.3) is 0 Å². The average Bonchev–Trinajstić information content (AvgIpc) is 3.37. The van der Waals surface area contributed by atoms with Crippen molar-refractivity contribution in [3.63, 3.8) is 0 Å². The van der Waals surface area contributed by atoms with Crippen molar-refractivity contribution in [1.82, 2.24) is 5.32 Å². The second-order valence-electron chi connectivity index (χ2n) is 21.5. The first-order valence-electron chi connectivity index (χ1n) is 31.5. The second kappa shape index (κ2) is 59.4. The summed E-state index contributed by atoms with van der Waals surface area (Å²) in [6.07, 6.45) is 75.7. The third-order valence-corrected chi connectivity index (χ3v) is 14.3. The maximum atomic E-state index is 13.3. The molecular formula is C66H121NO5. The van der Waals surface area contributed by atoms with Crippen LogP contribution >= 0.6 is 0 Å². The van der Waals surface area contributed by atoms with Crippen LogP contribution in [0.5, 0.6) is 0 Å². The topological polar surface area (TPSA) is 95.9 Å². The van der Waals surface area contributed by atoms with E-state index in [-0.39, 0.29) is 24.9 Å². The molecule has 0 bridgehead atoms. The number of rotatable bonds is 57. The van der Waals surface area contributed by atoms with E-state index in [1.54, 1.807) is 0 Å². The van der Waals surface area contributed by atoms with Crippen LogP contribution in [-0.2, 0) is 14.3 Å². The van der Waals surface area contributed by atoms with Crippen LogP contribution in [0.1, 0.15) is 323 Å². The Labute approximate surface area is 448 Å². The molecule has 0 aliphatic heterocycles. The third-order valence-electron chi connectivity index (χ3n) is 14.3. The predicted octanol–water partition coefficient (Wildman–Crippen LogP) is 19.9. The Morgan fingerprint density at radius 3 is 1.10 bits per heavy atom. The van der Waals surface area contributed by atoms with Crippen LogP contribution in [0.15, 0.2) is 60.8 Å². The Balaban J connectivity index is 4.57. The summed E-state index contributed by atoms with van der Waals surface area (Å²) in [5.74, 6) is -0.484. The molecule has 0 aliphatic rings. The number of unbranched alkanes of at least 4 members (excludes halogenated alkanes) is 35. The summed E-state index contributed by atoms with van der Waals surface area (Å²) in [6.45, 7) is 6.47. The van der Waals surface area contributed by atoms with Crippen LogP contribution in [0.4, 0.5) is 0 Å².